The van der Waals surface area contributed by atoms with Crippen molar-refractivity contribution in [2.75, 3.05) is 13.1 Å². The molecule has 206 valence electrons. The maximum atomic E-state index is 13.5. The van der Waals surface area contributed by atoms with Crippen LogP contribution in [0.4, 0.5) is 0 Å². The molecular weight excluding hydrogens is 508 g/mol. The van der Waals surface area contributed by atoms with Gasteiger partial charge in [0, 0.05) is 25.2 Å². The fourth-order valence-electron chi connectivity index (χ4n) is 6.16. The number of para-hydroxylation sites is 1. The minimum absolute atomic E-state index is 0.155. The van der Waals surface area contributed by atoms with Crippen LogP contribution in [0.1, 0.15) is 39.2 Å². The monoisotopic (exact) mass is 548 g/mol. The molecule has 0 bridgehead atoms. The molecule has 0 spiro atoms. The summed E-state index contributed by atoms with van der Waals surface area (Å²) in [6.07, 6.45) is 2.13. The van der Waals surface area contributed by atoms with Gasteiger partial charge < -0.3 is 15.3 Å². The topological polar surface area (TPSA) is 52.6 Å². The molecule has 0 radical (unpaired) electrons. The Labute approximate surface area is 239 Å². The van der Waals surface area contributed by atoms with Crippen LogP contribution >= 0.6 is 0 Å². The lowest BCUT2D eigenvalue weighted by Gasteiger charge is -2.36. The largest absolute Gasteiger partial charge is 0.508 e. The van der Waals surface area contributed by atoms with E-state index >= 15 is 0 Å². The smallest absolute Gasteiger partial charge is 0.240 e. The second-order valence-electron chi connectivity index (χ2n) is 11.9. The Morgan fingerprint density at radius 2 is 1.25 bits per heavy atom. The highest BCUT2D eigenvalue weighted by Crippen LogP contribution is 2.25. The van der Waals surface area contributed by atoms with E-state index in [9.17, 15) is 9.90 Å². The minimum Gasteiger partial charge on any atom is -0.508 e. The molecule has 4 aromatic rings. The van der Waals surface area contributed by atoms with Gasteiger partial charge in [-0.2, -0.15) is 0 Å². The van der Waals surface area contributed by atoms with Crippen LogP contribution in [0.15, 0.2) is 109 Å². The quantitative estimate of drug-likeness (QED) is 0.260. The number of nitrogens with one attached hydrogen (secondary N) is 1. The van der Waals surface area contributed by atoms with Gasteiger partial charge in [0.2, 0.25) is 5.91 Å². The van der Waals surface area contributed by atoms with Gasteiger partial charge in [-0.1, -0.05) is 130 Å². The predicted octanol–water partition coefficient (Wildman–Crippen LogP) is 3.90. The molecular formula is C35H40N2O2Si. The zero-order chi connectivity index (χ0) is 28.2. The van der Waals surface area contributed by atoms with E-state index in [0.717, 1.165) is 36.7 Å². The number of benzene rings is 4. The maximum Gasteiger partial charge on any atom is 0.240 e. The fraction of sp³-hybridized carbons (Fsp3) is 0.286. The number of phenols is 1. The summed E-state index contributed by atoms with van der Waals surface area (Å²) in [4.78, 5) is 15.5. The average Bonchev–Trinajstić information content (AvgIpc) is 3.51. The molecule has 1 heterocycles. The molecule has 1 aliphatic rings. The van der Waals surface area contributed by atoms with E-state index in [1.807, 2.05) is 29.2 Å². The predicted molar refractivity (Wildman–Crippen MR) is 168 cm³/mol. The maximum absolute atomic E-state index is 13.5. The van der Waals surface area contributed by atoms with Crippen LogP contribution in [0.2, 0.25) is 0 Å². The molecule has 1 amide bonds. The van der Waals surface area contributed by atoms with Crippen LogP contribution in [0.3, 0.4) is 0 Å². The molecule has 5 heteroatoms. The Hall–Kier alpha value is -3.67. The second kappa shape index (κ2) is 11.8. The standard InChI is InChI=1S/C35H40N2O2Si/c1-35(2,3)33(34(39)37-24-13-14-25-37)36-26-27-16-15-23-31(32(27)38)40(28-17-7-4-8-18-28,29-19-9-5-10-20-29)30-21-11-6-12-22-30/h4-12,15-23,33,36,38H,13-14,24-26H2,1-3H3/t33-/m1/s1. The molecule has 0 aromatic heterocycles. The first-order valence-corrected chi connectivity index (χ1v) is 16.3. The van der Waals surface area contributed by atoms with Gasteiger partial charge in [-0.05, 0) is 39.0 Å². The third-order valence-electron chi connectivity index (χ3n) is 8.17. The number of phenolic OH excluding ortho intramolecular Hbond substituents is 1. The Kier molecular flexibility index (Phi) is 8.24. The van der Waals surface area contributed by atoms with E-state index in [-0.39, 0.29) is 17.4 Å². The first-order chi connectivity index (χ1) is 19.3. The number of amides is 1. The van der Waals surface area contributed by atoms with Crippen LogP contribution in [-0.4, -0.2) is 43.1 Å². The molecule has 4 nitrogen and oxygen atoms in total. The van der Waals surface area contributed by atoms with Gasteiger partial charge in [-0.25, -0.2) is 0 Å². The molecule has 1 fully saturated rings. The van der Waals surface area contributed by atoms with E-state index in [1.165, 1.54) is 15.6 Å². The normalized spacial score (nSPS) is 14.7. The highest BCUT2D eigenvalue weighted by molar-refractivity contribution is 7.20. The van der Waals surface area contributed by atoms with Gasteiger partial charge in [0.05, 0.1) is 6.04 Å². The van der Waals surface area contributed by atoms with Crippen molar-refractivity contribution < 1.29 is 9.90 Å². The van der Waals surface area contributed by atoms with E-state index in [0.29, 0.717) is 12.3 Å². The highest BCUT2D eigenvalue weighted by atomic mass is 28.3. The number of nitrogens with zero attached hydrogens (tertiary/aromatic N) is 1. The average molecular weight is 549 g/mol. The van der Waals surface area contributed by atoms with Crippen molar-refractivity contribution in [2.24, 2.45) is 5.41 Å². The lowest BCUT2D eigenvalue weighted by molar-refractivity contribution is -0.135. The molecule has 0 unspecified atom stereocenters. The van der Waals surface area contributed by atoms with E-state index in [4.69, 9.17) is 0 Å². The van der Waals surface area contributed by atoms with Crippen LogP contribution in [-0.2, 0) is 11.3 Å². The summed E-state index contributed by atoms with van der Waals surface area (Å²) in [6, 6.07) is 37.6. The second-order valence-corrected chi connectivity index (χ2v) is 15.6. The van der Waals surface area contributed by atoms with Crippen LogP contribution in [0, 0.1) is 5.41 Å². The summed E-state index contributed by atoms with van der Waals surface area (Å²) in [5.41, 5.74) is 0.546. The Bertz CT molecular complexity index is 1320. The van der Waals surface area contributed by atoms with E-state index < -0.39 is 8.07 Å². The third kappa shape index (κ3) is 5.36. The zero-order valence-corrected chi connectivity index (χ0v) is 24.8. The van der Waals surface area contributed by atoms with Crippen molar-refractivity contribution in [3.05, 3.63) is 115 Å². The van der Waals surface area contributed by atoms with Crippen molar-refractivity contribution in [2.45, 2.75) is 46.2 Å². The summed E-state index contributed by atoms with van der Waals surface area (Å²) in [6.45, 7) is 8.37. The van der Waals surface area contributed by atoms with Crippen molar-refractivity contribution in [1.82, 2.24) is 10.2 Å². The number of carbonyl (C=O) groups is 1. The molecule has 1 aliphatic heterocycles. The van der Waals surface area contributed by atoms with Crippen molar-refractivity contribution in [1.29, 1.82) is 0 Å². The lowest BCUT2D eigenvalue weighted by atomic mass is 9.85. The van der Waals surface area contributed by atoms with Gasteiger partial charge in [0.25, 0.3) is 0 Å². The Morgan fingerprint density at radius 1 is 0.775 bits per heavy atom. The first-order valence-electron chi connectivity index (χ1n) is 14.3. The molecule has 4 aromatic carbocycles. The number of rotatable bonds is 8. The van der Waals surface area contributed by atoms with Crippen molar-refractivity contribution in [3.8, 4) is 5.75 Å². The molecule has 40 heavy (non-hydrogen) atoms. The number of carbonyl (C=O) groups excluding carboxylic acids is 1. The van der Waals surface area contributed by atoms with Crippen LogP contribution < -0.4 is 26.1 Å². The SMILES string of the molecule is CC(C)(C)[C@H](NCc1cccc([Si](c2ccccc2)(c2ccccc2)c2ccccc2)c1O)C(=O)N1CCCC1. The Morgan fingerprint density at radius 3 is 1.70 bits per heavy atom. The lowest BCUT2D eigenvalue weighted by Crippen LogP contribution is -2.74. The summed E-state index contributed by atoms with van der Waals surface area (Å²) in [7, 11) is -2.86. The van der Waals surface area contributed by atoms with Crippen molar-refractivity contribution >= 4 is 34.7 Å². The number of hydrogen-bond donors (Lipinski definition) is 2. The van der Waals surface area contributed by atoms with Gasteiger partial charge in [-0.3, -0.25) is 4.79 Å². The summed E-state index contributed by atoms with van der Waals surface area (Å²) in [5.74, 6) is 0.460. The minimum atomic E-state index is -2.86. The Balaban J connectivity index is 1.62. The third-order valence-corrected chi connectivity index (χ3v) is 13.0. The van der Waals surface area contributed by atoms with Gasteiger partial charge >= 0.3 is 0 Å². The summed E-state index contributed by atoms with van der Waals surface area (Å²) in [5, 5.41) is 20.2. The zero-order valence-electron chi connectivity index (χ0n) is 23.8. The molecule has 1 atom stereocenters. The number of aromatic hydroxyl groups is 1. The molecule has 5 rings (SSSR count). The molecule has 2 N–H and O–H groups in total. The summed E-state index contributed by atoms with van der Waals surface area (Å²) < 4.78 is 0. The van der Waals surface area contributed by atoms with Gasteiger partial charge in [0.1, 0.15) is 5.75 Å². The van der Waals surface area contributed by atoms with Gasteiger partial charge in [0.15, 0.2) is 8.07 Å². The molecule has 1 saturated heterocycles. The molecule has 0 aliphatic carbocycles. The van der Waals surface area contributed by atoms with Crippen molar-refractivity contribution in [3.63, 3.8) is 0 Å². The van der Waals surface area contributed by atoms with E-state index in [2.05, 4.69) is 111 Å². The fourth-order valence-corrected chi connectivity index (χ4v) is 11.0. The number of hydrogen-bond acceptors (Lipinski definition) is 3. The molecule has 0 saturated carbocycles. The summed E-state index contributed by atoms with van der Waals surface area (Å²) >= 11 is 0. The first kappa shape index (κ1) is 27.9. The highest BCUT2D eigenvalue weighted by Gasteiger charge is 2.43. The van der Waals surface area contributed by atoms with Crippen LogP contribution in [0.25, 0.3) is 0 Å². The van der Waals surface area contributed by atoms with E-state index in [1.54, 1.807) is 0 Å². The van der Waals surface area contributed by atoms with Crippen LogP contribution in [0.5, 0.6) is 5.75 Å². The number of likely N-dealkylation sites (tertiary alicyclic amines) is 1. The van der Waals surface area contributed by atoms with Gasteiger partial charge in [-0.15, -0.1) is 0 Å².